The van der Waals surface area contributed by atoms with Gasteiger partial charge in [-0.05, 0) is 6.07 Å². The van der Waals surface area contributed by atoms with Crippen LogP contribution in [0, 0.1) is 15.9 Å². The molecule has 0 aliphatic heterocycles. The fourth-order valence-corrected chi connectivity index (χ4v) is 2.61. The number of hydrogen-bond donors (Lipinski definition) is 2. The third-order valence-corrected chi connectivity index (χ3v) is 3.89. The summed E-state index contributed by atoms with van der Waals surface area (Å²) in [7, 11) is -3.53. The summed E-state index contributed by atoms with van der Waals surface area (Å²) in [6, 6.07) is 0.293. The Morgan fingerprint density at radius 1 is 1.57 bits per heavy atom. The van der Waals surface area contributed by atoms with Crippen molar-refractivity contribution in [1.82, 2.24) is 4.72 Å². The van der Waals surface area contributed by atoms with Crippen LogP contribution in [0.1, 0.15) is 0 Å². The lowest BCUT2D eigenvalue weighted by atomic mass is 10.3. The summed E-state index contributed by atoms with van der Waals surface area (Å²) in [6.45, 7) is -0.902. The number of non-ortho nitro benzene ring substituents is 1. The second-order valence-corrected chi connectivity index (χ2v) is 5.43. The molecule has 9 nitrogen and oxygen atoms in total. The Labute approximate surface area is 118 Å². The van der Waals surface area contributed by atoms with Crippen LogP contribution in [0.2, 0.25) is 0 Å². The lowest BCUT2D eigenvalue weighted by Crippen LogP contribution is -2.44. The van der Waals surface area contributed by atoms with Crippen molar-refractivity contribution in [1.29, 1.82) is 0 Å². The Morgan fingerprint density at radius 3 is 2.62 bits per heavy atom. The Hall–Kier alpha value is -2.11. The summed E-state index contributed by atoms with van der Waals surface area (Å²) in [5, 5.41) is 19.4. The van der Waals surface area contributed by atoms with Gasteiger partial charge < -0.3 is 9.84 Å². The predicted molar refractivity (Wildman–Crippen MR) is 66.3 cm³/mol. The number of nitrogens with zero attached hydrogens (tertiary/aromatic N) is 1. The Bertz CT molecular complexity index is 661. The molecule has 0 aliphatic carbocycles. The number of benzene rings is 1. The van der Waals surface area contributed by atoms with Gasteiger partial charge in [0, 0.05) is 6.07 Å². The van der Waals surface area contributed by atoms with Crippen molar-refractivity contribution in [3.05, 3.63) is 34.1 Å². The molecule has 1 rings (SSSR count). The molecule has 0 amide bonds. The molecular formula is C10H11FN2O7S. The molecule has 1 unspecified atom stereocenters. The molecule has 0 saturated heterocycles. The minimum Gasteiger partial charge on any atom is -0.468 e. The summed E-state index contributed by atoms with van der Waals surface area (Å²) < 4.78 is 43.4. The maximum absolute atomic E-state index is 13.6. The Morgan fingerprint density at radius 2 is 2.19 bits per heavy atom. The number of nitro benzene ring substituents is 1. The van der Waals surface area contributed by atoms with E-state index in [2.05, 4.69) is 4.74 Å². The number of aliphatic hydroxyl groups excluding tert-OH is 1. The van der Waals surface area contributed by atoms with E-state index in [-0.39, 0.29) is 0 Å². The van der Waals surface area contributed by atoms with Gasteiger partial charge in [-0.1, -0.05) is 0 Å². The van der Waals surface area contributed by atoms with Gasteiger partial charge >= 0.3 is 5.97 Å². The Kier molecular flexibility index (Phi) is 5.29. The first-order valence-corrected chi connectivity index (χ1v) is 6.86. The zero-order valence-electron chi connectivity index (χ0n) is 10.6. The molecule has 0 bridgehead atoms. The molecule has 0 aromatic heterocycles. The maximum Gasteiger partial charge on any atom is 0.326 e. The van der Waals surface area contributed by atoms with E-state index in [1.807, 2.05) is 0 Å². The van der Waals surface area contributed by atoms with Crippen molar-refractivity contribution in [2.75, 3.05) is 13.7 Å². The highest BCUT2D eigenvalue weighted by atomic mass is 32.2. The van der Waals surface area contributed by atoms with Gasteiger partial charge in [-0.3, -0.25) is 14.9 Å². The molecule has 1 aromatic carbocycles. The smallest absolute Gasteiger partial charge is 0.326 e. The van der Waals surface area contributed by atoms with Crippen molar-refractivity contribution < 1.29 is 32.4 Å². The normalized spacial score (nSPS) is 12.7. The van der Waals surface area contributed by atoms with Gasteiger partial charge in [0.25, 0.3) is 5.69 Å². The molecule has 116 valence electrons. The number of nitrogens with one attached hydrogen (secondary N) is 1. The average molecular weight is 322 g/mol. The second-order valence-electron chi connectivity index (χ2n) is 3.75. The third kappa shape index (κ3) is 3.93. The number of carbonyl (C=O) groups is 1. The zero-order chi connectivity index (χ0) is 16.2. The van der Waals surface area contributed by atoms with Crippen molar-refractivity contribution in [2.45, 2.75) is 10.9 Å². The standard InChI is InChI=1S/C10H11FN2O7S/c1-20-10(15)8(5-14)12-21(18,19)9-3-2-6(13(16)17)4-7(9)11/h2-4,8,12,14H,5H2,1H3. The molecule has 11 heteroatoms. The summed E-state index contributed by atoms with van der Waals surface area (Å²) in [5.41, 5.74) is -0.627. The molecule has 21 heavy (non-hydrogen) atoms. The largest absolute Gasteiger partial charge is 0.468 e. The first-order chi connectivity index (χ1) is 9.72. The predicted octanol–water partition coefficient (Wildman–Crippen LogP) is -0.454. The lowest BCUT2D eigenvalue weighted by Gasteiger charge is -2.14. The van der Waals surface area contributed by atoms with Crippen LogP contribution < -0.4 is 4.72 Å². The van der Waals surface area contributed by atoms with Crippen molar-refractivity contribution in [2.24, 2.45) is 0 Å². The van der Waals surface area contributed by atoms with E-state index in [4.69, 9.17) is 5.11 Å². The SMILES string of the molecule is COC(=O)C(CO)NS(=O)(=O)c1ccc([N+](=O)[O-])cc1F. The second kappa shape index (κ2) is 6.56. The molecule has 0 fully saturated rings. The molecule has 1 aromatic rings. The number of halogens is 1. The Balaban J connectivity index is 3.13. The number of sulfonamides is 1. The first kappa shape index (κ1) is 16.9. The van der Waals surface area contributed by atoms with Crippen molar-refractivity contribution in [3.63, 3.8) is 0 Å². The van der Waals surface area contributed by atoms with Gasteiger partial charge in [0.05, 0.1) is 24.7 Å². The highest BCUT2D eigenvalue weighted by Gasteiger charge is 2.28. The zero-order valence-corrected chi connectivity index (χ0v) is 11.5. The van der Waals surface area contributed by atoms with Crippen LogP contribution in [0.3, 0.4) is 0 Å². The van der Waals surface area contributed by atoms with Crippen molar-refractivity contribution >= 4 is 21.7 Å². The summed E-state index contributed by atoms with van der Waals surface area (Å²) in [5.74, 6) is -2.43. The summed E-state index contributed by atoms with van der Waals surface area (Å²) in [4.78, 5) is 19.9. The number of methoxy groups -OCH3 is 1. The lowest BCUT2D eigenvalue weighted by molar-refractivity contribution is -0.385. The average Bonchev–Trinajstić information content (AvgIpc) is 2.43. The quantitative estimate of drug-likeness (QED) is 0.411. The first-order valence-electron chi connectivity index (χ1n) is 5.38. The van der Waals surface area contributed by atoms with Crippen molar-refractivity contribution in [3.8, 4) is 0 Å². The van der Waals surface area contributed by atoms with Gasteiger partial charge in [-0.15, -0.1) is 0 Å². The molecule has 1 atom stereocenters. The van der Waals surface area contributed by atoms with E-state index in [1.165, 1.54) is 0 Å². The van der Waals surface area contributed by atoms with Crippen LogP contribution in [0.25, 0.3) is 0 Å². The number of esters is 1. The number of ether oxygens (including phenoxy) is 1. The van der Waals surface area contributed by atoms with Gasteiger partial charge in [0.1, 0.15) is 16.8 Å². The highest BCUT2D eigenvalue weighted by molar-refractivity contribution is 7.89. The van der Waals surface area contributed by atoms with Crippen LogP contribution in [0.15, 0.2) is 23.1 Å². The highest BCUT2D eigenvalue weighted by Crippen LogP contribution is 2.20. The molecule has 0 radical (unpaired) electrons. The number of carbonyl (C=O) groups excluding carboxylic acids is 1. The summed E-state index contributed by atoms with van der Waals surface area (Å²) in [6.07, 6.45) is 0. The molecule has 0 spiro atoms. The maximum atomic E-state index is 13.6. The van der Waals surface area contributed by atoms with Crippen LogP contribution in [-0.4, -0.2) is 44.2 Å². The number of aliphatic hydroxyl groups is 1. The molecular weight excluding hydrogens is 311 g/mol. The third-order valence-electron chi connectivity index (χ3n) is 2.38. The van der Waals surface area contributed by atoms with Crippen LogP contribution in [0.5, 0.6) is 0 Å². The van der Waals surface area contributed by atoms with E-state index in [9.17, 15) is 27.7 Å². The molecule has 0 saturated carbocycles. The van der Waals surface area contributed by atoms with Gasteiger partial charge in [0.15, 0.2) is 0 Å². The topological polar surface area (TPSA) is 136 Å². The molecule has 0 aliphatic rings. The number of rotatable bonds is 6. The van der Waals surface area contributed by atoms with E-state index >= 15 is 0 Å². The van der Waals surface area contributed by atoms with Crippen LogP contribution >= 0.6 is 0 Å². The monoisotopic (exact) mass is 322 g/mol. The van der Waals surface area contributed by atoms with Crippen LogP contribution in [0.4, 0.5) is 10.1 Å². The number of hydrogen-bond acceptors (Lipinski definition) is 7. The minimum absolute atomic E-state index is 0.431. The fraction of sp³-hybridized carbons (Fsp3) is 0.300. The minimum atomic E-state index is -4.51. The van der Waals surface area contributed by atoms with E-state index in [0.717, 1.165) is 13.2 Å². The van der Waals surface area contributed by atoms with Gasteiger partial charge in [-0.25, -0.2) is 12.8 Å². The van der Waals surface area contributed by atoms with E-state index in [0.29, 0.717) is 12.1 Å². The van der Waals surface area contributed by atoms with Gasteiger partial charge in [-0.2, -0.15) is 4.72 Å². The molecule has 0 heterocycles. The van der Waals surface area contributed by atoms with E-state index < -0.39 is 50.0 Å². The summed E-state index contributed by atoms with van der Waals surface area (Å²) >= 11 is 0. The molecule has 2 N–H and O–H groups in total. The van der Waals surface area contributed by atoms with Gasteiger partial charge in [0.2, 0.25) is 10.0 Å². The fourth-order valence-electron chi connectivity index (χ4n) is 1.37. The van der Waals surface area contributed by atoms with Crippen LogP contribution in [-0.2, 0) is 19.6 Å². The number of nitro groups is 1. The van der Waals surface area contributed by atoms with E-state index in [1.54, 1.807) is 4.72 Å².